The fraction of sp³-hybridized carbons (Fsp3) is 0.562. The number of hydrogen-bond donors (Lipinski definition) is 1. The van der Waals surface area contributed by atoms with Gasteiger partial charge in [-0.05, 0) is 68.4 Å². The van der Waals surface area contributed by atoms with Crippen molar-refractivity contribution in [1.29, 1.82) is 0 Å². The van der Waals surface area contributed by atoms with Gasteiger partial charge >= 0.3 is 12.4 Å². The number of piperidine rings is 1. The molecule has 1 aliphatic heterocycles. The average Bonchev–Trinajstić information content (AvgIpc) is 2.96. The minimum Gasteiger partial charge on any atom is -0.370 e. The molecule has 3 atom stereocenters. The van der Waals surface area contributed by atoms with Crippen molar-refractivity contribution in [2.45, 2.75) is 89.4 Å². The molecule has 1 saturated carbocycles. The zero-order chi connectivity index (χ0) is 31.5. The van der Waals surface area contributed by atoms with E-state index in [4.69, 9.17) is 4.74 Å². The number of ether oxygens (including phenoxy) is 1. The van der Waals surface area contributed by atoms with Gasteiger partial charge in [0.05, 0.1) is 23.3 Å². The van der Waals surface area contributed by atoms with Crippen LogP contribution in [-0.2, 0) is 26.7 Å². The van der Waals surface area contributed by atoms with Crippen molar-refractivity contribution in [3.8, 4) is 0 Å². The Bertz CT molecular complexity index is 1220. The van der Waals surface area contributed by atoms with E-state index >= 15 is 0 Å². The molecule has 4 rings (SSSR count). The van der Waals surface area contributed by atoms with E-state index < -0.39 is 35.7 Å². The van der Waals surface area contributed by atoms with Crippen molar-refractivity contribution < 1.29 is 40.7 Å². The Morgan fingerprint density at radius 2 is 1.44 bits per heavy atom. The summed E-state index contributed by atoms with van der Waals surface area (Å²) in [6.45, 7) is 5.80. The summed E-state index contributed by atoms with van der Waals surface area (Å²) in [6, 6.07) is 10.8. The van der Waals surface area contributed by atoms with Gasteiger partial charge in [0.1, 0.15) is 0 Å². The lowest BCUT2D eigenvalue weighted by Gasteiger charge is -2.42. The molecule has 236 valence electrons. The number of halogens is 6. The van der Waals surface area contributed by atoms with Gasteiger partial charge in [-0.25, -0.2) is 0 Å². The standard InChI is InChI=1S/C32H38F6N2O3/c1-19(2)29(41)39-26-11-9-22(10-12-26)30(42)40-14-13-28(27(18-40)21-7-5-4-6-8-21)43-20(3)23-15-24(31(33,34)35)17-25(16-23)32(36,37)38/h4-8,15-17,19-20,22,26-28H,9-14,18H2,1-3H3,(H,39,41)/t20-,22?,26?,27+,28+/m1/s1. The molecule has 0 radical (unpaired) electrons. The highest BCUT2D eigenvalue weighted by Crippen LogP contribution is 2.40. The van der Waals surface area contributed by atoms with Gasteiger partial charge in [0.25, 0.3) is 0 Å². The molecule has 2 aliphatic rings. The second-order valence-electron chi connectivity index (χ2n) is 12.0. The highest BCUT2D eigenvalue weighted by Gasteiger charge is 2.40. The summed E-state index contributed by atoms with van der Waals surface area (Å²) in [5.41, 5.74) is -2.11. The zero-order valence-electron chi connectivity index (χ0n) is 24.5. The normalized spacial score (nSPS) is 24.1. The van der Waals surface area contributed by atoms with E-state index in [0.29, 0.717) is 57.3 Å². The van der Waals surface area contributed by atoms with Crippen LogP contribution in [-0.4, -0.2) is 41.9 Å². The van der Waals surface area contributed by atoms with Crippen LogP contribution in [0.5, 0.6) is 0 Å². The maximum Gasteiger partial charge on any atom is 0.416 e. The van der Waals surface area contributed by atoms with Crippen LogP contribution in [0, 0.1) is 11.8 Å². The third-order valence-corrected chi connectivity index (χ3v) is 8.49. The Kier molecular flexibility index (Phi) is 10.1. The second-order valence-corrected chi connectivity index (χ2v) is 12.0. The van der Waals surface area contributed by atoms with Gasteiger partial charge in [-0.2, -0.15) is 26.3 Å². The molecule has 5 nitrogen and oxygen atoms in total. The summed E-state index contributed by atoms with van der Waals surface area (Å²) in [4.78, 5) is 27.4. The predicted octanol–water partition coefficient (Wildman–Crippen LogP) is 7.52. The molecule has 2 amide bonds. The molecule has 1 aliphatic carbocycles. The molecule has 0 bridgehead atoms. The van der Waals surface area contributed by atoms with E-state index in [1.165, 1.54) is 6.92 Å². The molecule has 2 aromatic carbocycles. The number of carbonyl (C=O) groups is 2. The minimum atomic E-state index is -4.95. The first kappa shape index (κ1) is 32.8. The van der Waals surface area contributed by atoms with Gasteiger partial charge in [-0.15, -0.1) is 0 Å². The van der Waals surface area contributed by atoms with Crippen LogP contribution in [0.25, 0.3) is 0 Å². The van der Waals surface area contributed by atoms with E-state index in [0.717, 1.165) is 5.56 Å². The number of benzene rings is 2. The van der Waals surface area contributed by atoms with Crippen LogP contribution in [0.1, 0.15) is 87.2 Å². The molecule has 2 aromatic rings. The Hall–Kier alpha value is -3.08. The molecular formula is C32H38F6N2O3. The lowest BCUT2D eigenvalue weighted by molar-refractivity contribution is -0.143. The first-order valence-electron chi connectivity index (χ1n) is 14.7. The fourth-order valence-electron chi connectivity index (χ4n) is 5.98. The summed E-state index contributed by atoms with van der Waals surface area (Å²) in [5.74, 6) is -0.590. The van der Waals surface area contributed by atoms with Gasteiger partial charge in [0.2, 0.25) is 11.8 Å². The maximum atomic E-state index is 13.6. The lowest BCUT2D eigenvalue weighted by Crippen LogP contribution is -2.49. The van der Waals surface area contributed by atoms with E-state index in [1.807, 2.05) is 44.2 Å². The Morgan fingerprint density at radius 1 is 0.860 bits per heavy atom. The summed E-state index contributed by atoms with van der Waals surface area (Å²) < 4.78 is 87.0. The third-order valence-electron chi connectivity index (χ3n) is 8.49. The highest BCUT2D eigenvalue weighted by atomic mass is 19.4. The Labute approximate surface area is 248 Å². The Balaban J connectivity index is 1.48. The molecule has 0 unspecified atom stereocenters. The lowest BCUT2D eigenvalue weighted by atomic mass is 9.83. The molecule has 0 aromatic heterocycles. The average molecular weight is 613 g/mol. The van der Waals surface area contributed by atoms with Gasteiger partial charge in [-0.3, -0.25) is 9.59 Å². The molecule has 11 heteroatoms. The molecule has 1 heterocycles. The smallest absolute Gasteiger partial charge is 0.370 e. The van der Waals surface area contributed by atoms with Crippen molar-refractivity contribution in [1.82, 2.24) is 10.2 Å². The van der Waals surface area contributed by atoms with E-state index in [-0.39, 0.29) is 47.2 Å². The first-order chi connectivity index (χ1) is 20.1. The van der Waals surface area contributed by atoms with Gasteiger partial charge in [0, 0.05) is 36.9 Å². The molecule has 2 fully saturated rings. The van der Waals surface area contributed by atoms with E-state index in [9.17, 15) is 35.9 Å². The number of amides is 2. The van der Waals surface area contributed by atoms with Crippen molar-refractivity contribution in [3.63, 3.8) is 0 Å². The number of hydrogen-bond acceptors (Lipinski definition) is 3. The quantitative estimate of drug-likeness (QED) is 0.329. The molecule has 43 heavy (non-hydrogen) atoms. The van der Waals surface area contributed by atoms with Crippen LogP contribution >= 0.6 is 0 Å². The van der Waals surface area contributed by atoms with Crippen LogP contribution < -0.4 is 5.32 Å². The van der Waals surface area contributed by atoms with Gasteiger partial charge < -0.3 is 15.0 Å². The number of likely N-dealkylation sites (tertiary alicyclic amines) is 1. The molecule has 1 saturated heterocycles. The van der Waals surface area contributed by atoms with Crippen molar-refractivity contribution >= 4 is 11.8 Å². The predicted molar refractivity (Wildman–Crippen MR) is 149 cm³/mol. The van der Waals surface area contributed by atoms with Gasteiger partial charge in [-0.1, -0.05) is 44.2 Å². The highest BCUT2D eigenvalue weighted by molar-refractivity contribution is 5.80. The monoisotopic (exact) mass is 612 g/mol. The number of nitrogens with zero attached hydrogens (tertiary/aromatic N) is 1. The summed E-state index contributed by atoms with van der Waals surface area (Å²) in [6.07, 6.45) is -8.38. The third kappa shape index (κ3) is 8.31. The topological polar surface area (TPSA) is 58.6 Å². The Morgan fingerprint density at radius 3 is 1.98 bits per heavy atom. The first-order valence-corrected chi connectivity index (χ1v) is 14.7. The van der Waals surface area contributed by atoms with Crippen molar-refractivity contribution in [2.24, 2.45) is 11.8 Å². The van der Waals surface area contributed by atoms with Crippen LogP contribution in [0.15, 0.2) is 48.5 Å². The van der Waals surface area contributed by atoms with E-state index in [2.05, 4.69) is 5.32 Å². The second kappa shape index (κ2) is 13.3. The summed E-state index contributed by atoms with van der Waals surface area (Å²) >= 11 is 0. The summed E-state index contributed by atoms with van der Waals surface area (Å²) in [7, 11) is 0. The van der Waals surface area contributed by atoms with Gasteiger partial charge in [0.15, 0.2) is 0 Å². The largest absolute Gasteiger partial charge is 0.416 e. The number of carbonyl (C=O) groups excluding carboxylic acids is 2. The van der Waals surface area contributed by atoms with Crippen LogP contribution in [0.3, 0.4) is 0 Å². The number of rotatable bonds is 7. The van der Waals surface area contributed by atoms with E-state index in [1.54, 1.807) is 4.90 Å². The summed E-state index contributed by atoms with van der Waals surface area (Å²) in [5, 5.41) is 3.04. The molecular weight excluding hydrogens is 574 g/mol. The van der Waals surface area contributed by atoms with Crippen molar-refractivity contribution in [3.05, 3.63) is 70.8 Å². The fourth-order valence-corrected chi connectivity index (χ4v) is 5.98. The maximum absolute atomic E-state index is 13.6. The molecule has 0 spiro atoms. The number of alkyl halides is 6. The zero-order valence-corrected chi connectivity index (χ0v) is 24.5. The SMILES string of the molecule is CC(C)C(=O)NC1CCC(C(=O)N2CC[C@H](O[C@H](C)c3cc(C(F)(F)F)cc(C(F)(F)F)c3)[C@H](c3ccccc3)C2)CC1. The molecule has 1 N–H and O–H groups in total. The number of nitrogens with one attached hydrogen (secondary N) is 1. The van der Waals surface area contributed by atoms with Crippen LogP contribution in [0.4, 0.5) is 26.3 Å². The van der Waals surface area contributed by atoms with Crippen molar-refractivity contribution in [2.75, 3.05) is 13.1 Å². The van der Waals surface area contributed by atoms with Crippen LogP contribution in [0.2, 0.25) is 0 Å². The minimum absolute atomic E-state index is 0.00320.